The highest BCUT2D eigenvalue weighted by atomic mass is 16.6. The number of likely N-dealkylation sites (tertiary alicyclic amines) is 1. The molecule has 0 aromatic carbocycles. The fourth-order valence-corrected chi connectivity index (χ4v) is 2.20. The Morgan fingerprint density at radius 2 is 2.17 bits per heavy atom. The number of ether oxygens (including phenoxy) is 1. The van der Waals surface area contributed by atoms with Crippen LogP contribution in [0.4, 0.5) is 4.79 Å². The van der Waals surface area contributed by atoms with Crippen molar-refractivity contribution in [3.63, 3.8) is 0 Å². The molecule has 1 amide bonds. The van der Waals surface area contributed by atoms with Crippen molar-refractivity contribution in [1.82, 2.24) is 9.80 Å². The number of carbonyl (C=O) groups is 1. The average molecular weight is 257 g/mol. The van der Waals surface area contributed by atoms with Gasteiger partial charge < -0.3 is 20.3 Å². The number of rotatable bonds is 3. The Morgan fingerprint density at radius 3 is 2.67 bits per heavy atom. The van der Waals surface area contributed by atoms with Crippen LogP contribution in [0.2, 0.25) is 0 Å². The lowest BCUT2D eigenvalue weighted by Crippen LogP contribution is -2.42. The lowest BCUT2D eigenvalue weighted by molar-refractivity contribution is 0.0282. The summed E-state index contributed by atoms with van der Waals surface area (Å²) in [5.41, 5.74) is 5.37. The molecule has 0 radical (unpaired) electrons. The zero-order valence-corrected chi connectivity index (χ0v) is 12.3. The normalized spacial score (nSPS) is 22.4. The Balaban J connectivity index is 2.43. The van der Waals surface area contributed by atoms with Crippen molar-refractivity contribution < 1.29 is 9.53 Å². The lowest BCUT2D eigenvalue weighted by atomic mass is 10.2. The Labute approximate surface area is 110 Å². The molecule has 1 saturated heterocycles. The highest BCUT2D eigenvalue weighted by Crippen LogP contribution is 2.18. The maximum atomic E-state index is 11.9. The summed E-state index contributed by atoms with van der Waals surface area (Å²) >= 11 is 0. The fourth-order valence-electron chi connectivity index (χ4n) is 2.20. The van der Waals surface area contributed by atoms with Gasteiger partial charge in [-0.25, -0.2) is 4.79 Å². The first-order valence-corrected chi connectivity index (χ1v) is 6.63. The van der Waals surface area contributed by atoms with Gasteiger partial charge in [0.05, 0.1) is 0 Å². The summed E-state index contributed by atoms with van der Waals surface area (Å²) in [5, 5.41) is 0. The third-order valence-electron chi connectivity index (χ3n) is 3.01. The van der Waals surface area contributed by atoms with E-state index in [0.717, 1.165) is 26.1 Å². The van der Waals surface area contributed by atoms with Gasteiger partial charge in [-0.05, 0) is 41.2 Å². The van der Waals surface area contributed by atoms with Crippen LogP contribution in [-0.4, -0.2) is 60.3 Å². The highest BCUT2D eigenvalue weighted by molar-refractivity contribution is 5.68. The van der Waals surface area contributed by atoms with Crippen molar-refractivity contribution in [3.05, 3.63) is 0 Å². The molecule has 0 aromatic heterocycles. The van der Waals surface area contributed by atoms with Crippen LogP contribution in [0.15, 0.2) is 0 Å². The van der Waals surface area contributed by atoms with Crippen LogP contribution >= 0.6 is 0 Å². The monoisotopic (exact) mass is 257 g/mol. The van der Waals surface area contributed by atoms with Crippen LogP contribution in [0.3, 0.4) is 0 Å². The molecule has 1 fully saturated rings. The summed E-state index contributed by atoms with van der Waals surface area (Å²) < 4.78 is 5.37. The maximum absolute atomic E-state index is 11.9. The van der Waals surface area contributed by atoms with Gasteiger partial charge in [-0.1, -0.05) is 0 Å². The largest absolute Gasteiger partial charge is 0.444 e. The molecule has 0 saturated carbocycles. The van der Waals surface area contributed by atoms with E-state index in [4.69, 9.17) is 10.5 Å². The van der Waals surface area contributed by atoms with Gasteiger partial charge >= 0.3 is 6.09 Å². The number of nitrogens with two attached hydrogens (primary N) is 1. The molecule has 2 atom stereocenters. The van der Waals surface area contributed by atoms with Crippen molar-refractivity contribution in [2.24, 2.45) is 5.73 Å². The topological polar surface area (TPSA) is 58.8 Å². The average Bonchev–Trinajstić information content (AvgIpc) is 2.61. The van der Waals surface area contributed by atoms with Gasteiger partial charge in [-0.3, -0.25) is 0 Å². The predicted octanol–water partition coefficient (Wildman–Crippen LogP) is 1.27. The van der Waals surface area contributed by atoms with Crippen molar-refractivity contribution >= 4 is 6.09 Å². The summed E-state index contributed by atoms with van der Waals surface area (Å²) in [5.74, 6) is 0. The zero-order chi connectivity index (χ0) is 13.9. The summed E-state index contributed by atoms with van der Waals surface area (Å²) in [6, 6.07) is 0.550. The molecule has 1 aliphatic heterocycles. The van der Waals surface area contributed by atoms with E-state index in [-0.39, 0.29) is 12.1 Å². The van der Waals surface area contributed by atoms with Crippen LogP contribution in [0.1, 0.15) is 34.1 Å². The molecule has 1 rings (SSSR count). The second kappa shape index (κ2) is 5.89. The van der Waals surface area contributed by atoms with Gasteiger partial charge in [-0.2, -0.15) is 0 Å². The molecule has 18 heavy (non-hydrogen) atoms. The summed E-state index contributed by atoms with van der Waals surface area (Å²) in [6.45, 7) is 10.0. The molecule has 0 aromatic rings. The van der Waals surface area contributed by atoms with Gasteiger partial charge in [0.2, 0.25) is 0 Å². The first-order valence-electron chi connectivity index (χ1n) is 6.63. The summed E-state index contributed by atoms with van der Waals surface area (Å²) in [4.78, 5) is 15.9. The fraction of sp³-hybridized carbons (Fsp3) is 0.923. The van der Waals surface area contributed by atoms with E-state index >= 15 is 0 Å². The minimum Gasteiger partial charge on any atom is -0.444 e. The highest BCUT2D eigenvalue weighted by Gasteiger charge is 2.31. The van der Waals surface area contributed by atoms with Gasteiger partial charge in [0.15, 0.2) is 0 Å². The van der Waals surface area contributed by atoms with Crippen LogP contribution in [0.25, 0.3) is 0 Å². The van der Waals surface area contributed by atoms with E-state index in [1.165, 1.54) is 0 Å². The SMILES string of the molecule is CC(N)CN(C)C1CCN(C(=O)OC(C)(C)C)C1. The lowest BCUT2D eigenvalue weighted by Gasteiger charge is -2.27. The summed E-state index contributed by atoms with van der Waals surface area (Å²) in [7, 11) is 2.06. The zero-order valence-electron chi connectivity index (χ0n) is 12.3. The molecular formula is C13H27N3O2. The second-order valence-corrected chi connectivity index (χ2v) is 6.29. The van der Waals surface area contributed by atoms with Crippen molar-refractivity contribution in [1.29, 1.82) is 0 Å². The van der Waals surface area contributed by atoms with Crippen LogP contribution < -0.4 is 5.73 Å². The molecule has 2 unspecified atom stereocenters. The first kappa shape index (κ1) is 15.2. The molecule has 0 aliphatic carbocycles. The number of nitrogens with zero attached hydrogens (tertiary/aromatic N) is 2. The molecule has 1 aliphatic rings. The van der Waals surface area contributed by atoms with Crippen molar-refractivity contribution in [2.45, 2.75) is 51.8 Å². The number of carbonyl (C=O) groups excluding carboxylic acids is 1. The summed E-state index contributed by atoms with van der Waals surface area (Å²) in [6.07, 6.45) is 0.779. The standard InChI is InChI=1S/C13H27N3O2/c1-10(14)8-15(5)11-6-7-16(9-11)12(17)18-13(2,3)4/h10-11H,6-9,14H2,1-5H3. The Bertz CT molecular complexity index is 286. The molecule has 106 valence electrons. The minimum atomic E-state index is -0.424. The quantitative estimate of drug-likeness (QED) is 0.827. The van der Waals surface area contributed by atoms with E-state index in [1.807, 2.05) is 27.7 Å². The van der Waals surface area contributed by atoms with E-state index in [0.29, 0.717) is 6.04 Å². The van der Waals surface area contributed by atoms with E-state index < -0.39 is 5.60 Å². The van der Waals surface area contributed by atoms with Crippen LogP contribution in [-0.2, 0) is 4.74 Å². The second-order valence-electron chi connectivity index (χ2n) is 6.29. The van der Waals surface area contributed by atoms with E-state index in [9.17, 15) is 4.79 Å². The van der Waals surface area contributed by atoms with E-state index in [1.54, 1.807) is 4.90 Å². The maximum Gasteiger partial charge on any atom is 0.410 e. The number of hydrogen-bond acceptors (Lipinski definition) is 4. The third-order valence-corrected chi connectivity index (χ3v) is 3.01. The number of amides is 1. The van der Waals surface area contributed by atoms with Gasteiger partial charge in [0.1, 0.15) is 5.60 Å². The Hall–Kier alpha value is -0.810. The third kappa shape index (κ3) is 4.82. The molecule has 2 N–H and O–H groups in total. The van der Waals surface area contributed by atoms with Crippen LogP contribution in [0.5, 0.6) is 0 Å². The number of likely N-dealkylation sites (N-methyl/N-ethyl adjacent to an activating group) is 1. The predicted molar refractivity (Wildman–Crippen MR) is 72.5 cm³/mol. The molecule has 0 bridgehead atoms. The van der Waals surface area contributed by atoms with Crippen molar-refractivity contribution in [3.8, 4) is 0 Å². The Kier molecular flexibility index (Phi) is 4.99. The van der Waals surface area contributed by atoms with Crippen molar-refractivity contribution in [2.75, 3.05) is 26.7 Å². The van der Waals surface area contributed by atoms with Gasteiger partial charge in [-0.15, -0.1) is 0 Å². The minimum absolute atomic E-state index is 0.158. The van der Waals surface area contributed by atoms with Gasteiger partial charge in [0, 0.05) is 31.7 Å². The number of hydrogen-bond donors (Lipinski definition) is 1. The molecule has 5 heteroatoms. The Morgan fingerprint density at radius 1 is 1.56 bits per heavy atom. The van der Waals surface area contributed by atoms with Crippen LogP contribution in [0, 0.1) is 0 Å². The molecule has 1 heterocycles. The molecule has 0 spiro atoms. The van der Waals surface area contributed by atoms with E-state index in [2.05, 4.69) is 11.9 Å². The first-order chi connectivity index (χ1) is 8.19. The smallest absolute Gasteiger partial charge is 0.410 e. The molecule has 5 nitrogen and oxygen atoms in total. The van der Waals surface area contributed by atoms with Gasteiger partial charge in [0.25, 0.3) is 0 Å². The molecular weight excluding hydrogens is 230 g/mol.